The van der Waals surface area contributed by atoms with E-state index in [0.717, 1.165) is 17.0 Å². The smallest absolute Gasteiger partial charge is 0.243 e. The molecule has 0 aliphatic carbocycles. The van der Waals surface area contributed by atoms with Crippen molar-refractivity contribution < 1.29 is 9.90 Å². The first-order valence-electron chi connectivity index (χ1n) is 5.97. The van der Waals surface area contributed by atoms with Crippen molar-refractivity contribution >= 4 is 18.1 Å². The maximum Gasteiger partial charge on any atom is 0.243 e. The number of hydrogen-bond donors (Lipinski definition) is 1. The number of aromatic carboxylic acids is 1. The monoisotopic (exact) mass is 269 g/mol. The summed E-state index contributed by atoms with van der Waals surface area (Å²) in [6.07, 6.45) is 1.56. The second-order valence-corrected chi connectivity index (χ2v) is 4.25. The van der Waals surface area contributed by atoms with E-state index in [1.54, 1.807) is 18.3 Å². The van der Waals surface area contributed by atoms with Gasteiger partial charge in [0.05, 0.1) is 12.2 Å². The number of rotatable bonds is 4. The Morgan fingerprint density at radius 1 is 1.20 bits per heavy atom. The van der Waals surface area contributed by atoms with Crippen LogP contribution < -0.4 is 10.5 Å². The average molecular weight is 269 g/mol. The van der Waals surface area contributed by atoms with Crippen LogP contribution in [-0.2, 0) is 0 Å². The molecule has 6 nitrogen and oxygen atoms in total. The van der Waals surface area contributed by atoms with Gasteiger partial charge in [0.2, 0.25) is 5.95 Å². The van der Waals surface area contributed by atoms with Crippen LogP contribution in [0.3, 0.4) is 0 Å². The van der Waals surface area contributed by atoms with E-state index >= 15 is 0 Å². The number of hydrazone groups is 1. The van der Waals surface area contributed by atoms with Crippen molar-refractivity contribution in [1.29, 1.82) is 0 Å². The Morgan fingerprint density at radius 2 is 1.80 bits per heavy atom. The van der Waals surface area contributed by atoms with Gasteiger partial charge in [0, 0.05) is 11.4 Å². The Kier molecular flexibility index (Phi) is 4.05. The molecular weight excluding hydrogens is 256 g/mol. The molecule has 0 bridgehead atoms. The standard InChI is InChI=1S/C14H14N4O2/c1-9-7-10(2)17-14(16-9)18-15-8-11-3-5-12(6-4-11)13(19)20/h3-8H,1-2H3,(H,19,20)(H,16,17,18)/p-1/b15-8-. The molecule has 0 aliphatic heterocycles. The lowest BCUT2D eigenvalue weighted by Gasteiger charge is -2.02. The molecule has 0 unspecified atom stereocenters. The van der Waals surface area contributed by atoms with Crippen molar-refractivity contribution in [1.82, 2.24) is 9.97 Å². The number of hydrogen-bond acceptors (Lipinski definition) is 6. The van der Waals surface area contributed by atoms with Crippen LogP contribution in [0.4, 0.5) is 5.95 Å². The van der Waals surface area contributed by atoms with E-state index in [0.29, 0.717) is 5.95 Å². The highest BCUT2D eigenvalue weighted by molar-refractivity contribution is 5.87. The number of carbonyl (C=O) groups is 1. The van der Waals surface area contributed by atoms with Crippen LogP contribution in [0.25, 0.3) is 0 Å². The highest BCUT2D eigenvalue weighted by Crippen LogP contribution is 2.04. The number of aryl methyl sites for hydroxylation is 2. The molecule has 1 N–H and O–H groups in total. The number of carboxylic acids is 1. The van der Waals surface area contributed by atoms with Crippen molar-refractivity contribution in [3.63, 3.8) is 0 Å². The van der Waals surface area contributed by atoms with E-state index < -0.39 is 5.97 Å². The first kappa shape index (κ1) is 13.7. The maximum atomic E-state index is 10.6. The Hall–Kier alpha value is -2.76. The van der Waals surface area contributed by atoms with Crippen LogP contribution >= 0.6 is 0 Å². The average Bonchev–Trinajstić information content (AvgIpc) is 2.38. The fourth-order valence-corrected chi connectivity index (χ4v) is 1.65. The number of carbonyl (C=O) groups excluding carboxylic acids is 1. The van der Waals surface area contributed by atoms with Gasteiger partial charge in [-0.3, -0.25) is 0 Å². The van der Waals surface area contributed by atoms with E-state index in [2.05, 4.69) is 20.5 Å². The van der Waals surface area contributed by atoms with Gasteiger partial charge in [0.25, 0.3) is 0 Å². The number of nitrogens with one attached hydrogen (secondary N) is 1. The van der Waals surface area contributed by atoms with Crippen molar-refractivity contribution in [2.24, 2.45) is 5.10 Å². The molecule has 0 fully saturated rings. The molecule has 1 aromatic carbocycles. The Bertz CT molecular complexity index is 630. The van der Waals surface area contributed by atoms with E-state index in [1.807, 2.05) is 19.9 Å². The van der Waals surface area contributed by atoms with Crippen molar-refractivity contribution in [2.45, 2.75) is 13.8 Å². The lowest BCUT2D eigenvalue weighted by atomic mass is 10.1. The molecule has 0 spiro atoms. The van der Waals surface area contributed by atoms with E-state index in [4.69, 9.17) is 0 Å². The SMILES string of the molecule is Cc1cc(C)nc(N/N=C\c2ccc(C(=O)[O-])cc2)n1. The second-order valence-electron chi connectivity index (χ2n) is 4.25. The van der Waals surface area contributed by atoms with E-state index in [9.17, 15) is 9.90 Å². The zero-order chi connectivity index (χ0) is 14.5. The quantitative estimate of drug-likeness (QED) is 0.658. The summed E-state index contributed by atoms with van der Waals surface area (Å²) in [7, 11) is 0. The van der Waals surface area contributed by atoms with Gasteiger partial charge in [-0.1, -0.05) is 24.3 Å². The molecular formula is C14H13N4O2-. The Balaban J connectivity index is 2.04. The molecule has 1 aromatic heterocycles. The minimum absolute atomic E-state index is 0.132. The summed E-state index contributed by atoms with van der Waals surface area (Å²) in [5.41, 5.74) is 5.33. The molecule has 0 radical (unpaired) electrons. The summed E-state index contributed by atoms with van der Waals surface area (Å²) < 4.78 is 0. The van der Waals surface area contributed by atoms with Gasteiger partial charge in [-0.05, 0) is 31.0 Å². The number of benzene rings is 1. The largest absolute Gasteiger partial charge is 0.545 e. The summed E-state index contributed by atoms with van der Waals surface area (Å²) in [5, 5.41) is 14.6. The van der Waals surface area contributed by atoms with Crippen LogP contribution in [0.2, 0.25) is 0 Å². The van der Waals surface area contributed by atoms with Gasteiger partial charge in [-0.2, -0.15) is 5.10 Å². The Labute approximate surface area is 116 Å². The van der Waals surface area contributed by atoms with Gasteiger partial charge < -0.3 is 9.90 Å². The minimum Gasteiger partial charge on any atom is -0.545 e. The zero-order valence-electron chi connectivity index (χ0n) is 11.1. The van der Waals surface area contributed by atoms with Gasteiger partial charge in [0.1, 0.15) is 0 Å². The highest BCUT2D eigenvalue weighted by atomic mass is 16.4. The summed E-state index contributed by atoms with van der Waals surface area (Å²) in [4.78, 5) is 19.0. The first-order valence-corrected chi connectivity index (χ1v) is 5.97. The number of anilines is 1. The van der Waals surface area contributed by atoms with Crippen LogP contribution in [0.15, 0.2) is 35.4 Å². The van der Waals surface area contributed by atoms with Crippen LogP contribution in [-0.4, -0.2) is 22.2 Å². The number of carboxylic acid groups (broad SMARTS) is 1. The molecule has 0 aliphatic rings. The Morgan fingerprint density at radius 3 is 2.35 bits per heavy atom. The van der Waals surface area contributed by atoms with E-state index in [1.165, 1.54) is 12.1 Å². The fourth-order valence-electron chi connectivity index (χ4n) is 1.65. The third kappa shape index (κ3) is 3.61. The van der Waals surface area contributed by atoms with Crippen LogP contribution in [0.1, 0.15) is 27.3 Å². The predicted octanol–water partition coefficient (Wildman–Crippen LogP) is 0.903. The number of nitrogens with zero attached hydrogens (tertiary/aromatic N) is 3. The van der Waals surface area contributed by atoms with Gasteiger partial charge in [-0.25, -0.2) is 15.4 Å². The third-order valence-electron chi connectivity index (χ3n) is 2.51. The second kappa shape index (κ2) is 5.92. The molecule has 20 heavy (non-hydrogen) atoms. The zero-order valence-corrected chi connectivity index (χ0v) is 11.1. The lowest BCUT2D eigenvalue weighted by molar-refractivity contribution is -0.255. The molecule has 102 valence electrons. The predicted molar refractivity (Wildman–Crippen MR) is 73.5 cm³/mol. The summed E-state index contributed by atoms with van der Waals surface area (Å²) in [6.45, 7) is 3.75. The highest BCUT2D eigenvalue weighted by Gasteiger charge is 1.97. The van der Waals surface area contributed by atoms with Crippen molar-refractivity contribution in [3.8, 4) is 0 Å². The van der Waals surface area contributed by atoms with Crippen molar-refractivity contribution in [2.75, 3.05) is 5.43 Å². The fraction of sp³-hybridized carbons (Fsp3) is 0.143. The molecule has 0 saturated carbocycles. The molecule has 0 saturated heterocycles. The summed E-state index contributed by atoms with van der Waals surface area (Å²) >= 11 is 0. The van der Waals surface area contributed by atoms with Crippen molar-refractivity contribution in [3.05, 3.63) is 52.8 Å². The molecule has 1 heterocycles. The van der Waals surface area contributed by atoms with E-state index in [-0.39, 0.29) is 5.56 Å². The lowest BCUT2D eigenvalue weighted by Crippen LogP contribution is -2.21. The first-order chi connectivity index (χ1) is 9.54. The third-order valence-corrected chi connectivity index (χ3v) is 2.51. The molecule has 6 heteroatoms. The molecule has 0 amide bonds. The summed E-state index contributed by atoms with van der Waals surface area (Å²) in [5.74, 6) is -0.777. The topological polar surface area (TPSA) is 90.3 Å². The minimum atomic E-state index is -1.20. The van der Waals surface area contributed by atoms with Gasteiger partial charge in [-0.15, -0.1) is 0 Å². The number of aromatic nitrogens is 2. The normalized spacial score (nSPS) is 10.7. The van der Waals surface area contributed by atoms with Gasteiger partial charge >= 0.3 is 0 Å². The molecule has 2 aromatic rings. The van der Waals surface area contributed by atoms with Crippen LogP contribution in [0, 0.1) is 13.8 Å². The maximum absolute atomic E-state index is 10.6. The molecule has 2 rings (SSSR count). The molecule has 0 atom stereocenters. The van der Waals surface area contributed by atoms with Gasteiger partial charge in [0.15, 0.2) is 0 Å². The summed E-state index contributed by atoms with van der Waals surface area (Å²) in [6, 6.07) is 8.07. The van der Waals surface area contributed by atoms with Crippen LogP contribution in [0.5, 0.6) is 0 Å².